The normalized spacial score (nSPS) is 12.0. The molecule has 1 amide bonds. The van der Waals surface area contributed by atoms with Crippen LogP contribution in [-0.4, -0.2) is 25.7 Å². The number of hydrogen-bond donors (Lipinski definition) is 3. The van der Waals surface area contributed by atoms with Crippen molar-refractivity contribution < 1.29 is 9.53 Å². The zero-order valence-electron chi connectivity index (χ0n) is 11.1. The molecular weight excluding hydrogens is 230 g/mol. The van der Waals surface area contributed by atoms with E-state index in [2.05, 4.69) is 10.7 Å². The number of rotatable bonds is 6. The first-order chi connectivity index (χ1) is 8.58. The van der Waals surface area contributed by atoms with Crippen LogP contribution in [0.25, 0.3) is 0 Å². The van der Waals surface area contributed by atoms with Gasteiger partial charge in [0.2, 0.25) is 0 Å². The predicted octanol–water partition coefficient (Wildman–Crippen LogP) is 1.44. The van der Waals surface area contributed by atoms with Crippen LogP contribution in [0.3, 0.4) is 0 Å². The molecule has 100 valence electrons. The van der Waals surface area contributed by atoms with Crippen molar-refractivity contribution in [3.8, 4) is 0 Å². The average Bonchev–Trinajstić information content (AvgIpc) is 2.36. The first-order valence-corrected chi connectivity index (χ1v) is 5.95. The van der Waals surface area contributed by atoms with Gasteiger partial charge in [0, 0.05) is 19.8 Å². The van der Waals surface area contributed by atoms with Gasteiger partial charge in [-0.2, -0.15) is 0 Å². The van der Waals surface area contributed by atoms with Gasteiger partial charge in [0.25, 0.3) is 5.91 Å². The highest BCUT2D eigenvalue weighted by molar-refractivity contribution is 5.99. The Hall–Kier alpha value is -1.59. The monoisotopic (exact) mass is 251 g/mol. The van der Waals surface area contributed by atoms with Crippen molar-refractivity contribution in [3.63, 3.8) is 0 Å². The van der Waals surface area contributed by atoms with Crippen LogP contribution in [-0.2, 0) is 4.74 Å². The van der Waals surface area contributed by atoms with Crippen molar-refractivity contribution in [2.45, 2.75) is 26.3 Å². The summed E-state index contributed by atoms with van der Waals surface area (Å²) in [5.74, 6) is 5.27. The molecule has 0 fully saturated rings. The third-order valence-electron chi connectivity index (χ3n) is 2.71. The van der Waals surface area contributed by atoms with Crippen LogP contribution in [0.2, 0.25) is 0 Å². The molecule has 0 saturated carbocycles. The Morgan fingerprint density at radius 2 is 2.22 bits per heavy atom. The minimum absolute atomic E-state index is 0.0589. The number of hydrogen-bond acceptors (Lipinski definition) is 4. The van der Waals surface area contributed by atoms with E-state index in [4.69, 9.17) is 10.6 Å². The van der Waals surface area contributed by atoms with E-state index in [0.29, 0.717) is 17.9 Å². The molecule has 0 aliphatic carbocycles. The molecule has 0 aromatic heterocycles. The number of aryl methyl sites for hydroxylation is 1. The van der Waals surface area contributed by atoms with Crippen LogP contribution in [0.4, 0.5) is 5.69 Å². The van der Waals surface area contributed by atoms with E-state index < -0.39 is 0 Å². The van der Waals surface area contributed by atoms with Crippen molar-refractivity contribution in [2.75, 3.05) is 19.1 Å². The molecule has 0 bridgehead atoms. The maximum Gasteiger partial charge on any atom is 0.253 e. The molecule has 4 N–H and O–H groups in total. The van der Waals surface area contributed by atoms with E-state index in [1.165, 1.54) is 0 Å². The summed E-state index contributed by atoms with van der Waals surface area (Å²) in [4.78, 5) is 12.1. The highest BCUT2D eigenvalue weighted by atomic mass is 16.5. The molecule has 0 radical (unpaired) electrons. The number of amides is 1. The Labute approximate surface area is 108 Å². The molecule has 1 aromatic rings. The molecule has 0 aliphatic rings. The fourth-order valence-corrected chi connectivity index (χ4v) is 1.64. The molecule has 5 heteroatoms. The molecule has 1 rings (SSSR count). The minimum Gasteiger partial charge on any atom is -0.385 e. The van der Waals surface area contributed by atoms with E-state index in [-0.39, 0.29) is 11.9 Å². The standard InChI is InChI=1S/C13H21N3O2/c1-9-4-5-12(16-14)11(8-9)13(17)15-10(2)6-7-18-3/h4-5,8,10,16H,6-7,14H2,1-3H3,(H,15,17). The fraction of sp³-hybridized carbons (Fsp3) is 0.462. The van der Waals surface area contributed by atoms with E-state index in [1.54, 1.807) is 13.2 Å². The van der Waals surface area contributed by atoms with E-state index in [0.717, 1.165) is 12.0 Å². The second-order valence-electron chi connectivity index (χ2n) is 4.35. The third-order valence-corrected chi connectivity index (χ3v) is 2.71. The highest BCUT2D eigenvalue weighted by Crippen LogP contribution is 2.16. The van der Waals surface area contributed by atoms with Crippen LogP contribution >= 0.6 is 0 Å². The summed E-state index contributed by atoms with van der Waals surface area (Å²) in [5, 5.41) is 2.92. The van der Waals surface area contributed by atoms with Gasteiger partial charge in [0.15, 0.2) is 0 Å². The number of nitrogens with one attached hydrogen (secondary N) is 2. The smallest absolute Gasteiger partial charge is 0.253 e. The fourth-order valence-electron chi connectivity index (χ4n) is 1.64. The van der Waals surface area contributed by atoms with E-state index in [9.17, 15) is 4.79 Å². The Morgan fingerprint density at radius 1 is 1.50 bits per heavy atom. The van der Waals surface area contributed by atoms with Crippen LogP contribution in [0, 0.1) is 6.92 Å². The lowest BCUT2D eigenvalue weighted by Crippen LogP contribution is -2.34. The molecule has 1 unspecified atom stereocenters. The Morgan fingerprint density at radius 3 is 2.83 bits per heavy atom. The predicted molar refractivity (Wildman–Crippen MR) is 72.4 cm³/mol. The topological polar surface area (TPSA) is 76.4 Å². The quantitative estimate of drug-likeness (QED) is 0.528. The second-order valence-corrected chi connectivity index (χ2v) is 4.35. The second kappa shape index (κ2) is 6.98. The zero-order chi connectivity index (χ0) is 13.5. The van der Waals surface area contributed by atoms with Gasteiger partial charge in [0.05, 0.1) is 11.3 Å². The number of benzene rings is 1. The molecule has 0 saturated heterocycles. The van der Waals surface area contributed by atoms with E-state index >= 15 is 0 Å². The van der Waals surface area contributed by atoms with E-state index in [1.807, 2.05) is 26.0 Å². The summed E-state index contributed by atoms with van der Waals surface area (Å²) in [6.07, 6.45) is 0.777. The summed E-state index contributed by atoms with van der Waals surface area (Å²) in [7, 11) is 1.64. The maximum atomic E-state index is 12.1. The lowest BCUT2D eigenvalue weighted by Gasteiger charge is -2.15. The lowest BCUT2D eigenvalue weighted by molar-refractivity contribution is 0.0930. The first-order valence-electron chi connectivity index (χ1n) is 5.95. The average molecular weight is 251 g/mol. The molecule has 18 heavy (non-hydrogen) atoms. The van der Waals surface area contributed by atoms with Crippen molar-refractivity contribution in [3.05, 3.63) is 29.3 Å². The summed E-state index contributed by atoms with van der Waals surface area (Å²) < 4.78 is 4.98. The van der Waals surface area contributed by atoms with Gasteiger partial charge in [-0.1, -0.05) is 11.6 Å². The number of carbonyl (C=O) groups is 1. The number of anilines is 1. The van der Waals surface area contributed by atoms with Gasteiger partial charge in [-0.25, -0.2) is 0 Å². The SMILES string of the molecule is COCCC(C)NC(=O)c1cc(C)ccc1NN. The summed E-state index contributed by atoms with van der Waals surface area (Å²) >= 11 is 0. The van der Waals surface area contributed by atoms with Gasteiger partial charge in [-0.05, 0) is 32.4 Å². The van der Waals surface area contributed by atoms with Crippen LogP contribution in [0.1, 0.15) is 29.3 Å². The van der Waals surface area contributed by atoms with Crippen molar-refractivity contribution >= 4 is 11.6 Å². The number of hydrazine groups is 1. The number of methoxy groups -OCH3 is 1. The third kappa shape index (κ3) is 4.01. The summed E-state index contributed by atoms with van der Waals surface area (Å²) in [6, 6.07) is 5.57. The molecular formula is C13H21N3O2. The lowest BCUT2D eigenvalue weighted by atomic mass is 10.1. The maximum absolute atomic E-state index is 12.1. The van der Waals surface area contributed by atoms with Gasteiger partial charge >= 0.3 is 0 Å². The number of ether oxygens (including phenoxy) is 1. The van der Waals surface area contributed by atoms with Crippen molar-refractivity contribution in [1.82, 2.24) is 5.32 Å². The summed E-state index contributed by atoms with van der Waals surface area (Å²) in [5.41, 5.74) is 4.73. The molecule has 5 nitrogen and oxygen atoms in total. The van der Waals surface area contributed by atoms with Crippen LogP contribution in [0.15, 0.2) is 18.2 Å². The van der Waals surface area contributed by atoms with Crippen LogP contribution in [0.5, 0.6) is 0 Å². The number of carbonyl (C=O) groups excluding carboxylic acids is 1. The van der Waals surface area contributed by atoms with Gasteiger partial charge in [-0.3, -0.25) is 10.6 Å². The molecule has 1 aromatic carbocycles. The zero-order valence-corrected chi connectivity index (χ0v) is 11.1. The summed E-state index contributed by atoms with van der Waals surface area (Å²) in [6.45, 7) is 4.50. The Balaban J connectivity index is 2.74. The van der Waals surface area contributed by atoms with Gasteiger partial charge in [-0.15, -0.1) is 0 Å². The number of nitrogens with two attached hydrogens (primary N) is 1. The molecule has 0 spiro atoms. The minimum atomic E-state index is -0.129. The Bertz CT molecular complexity index is 407. The van der Waals surface area contributed by atoms with Crippen molar-refractivity contribution in [2.24, 2.45) is 5.84 Å². The molecule has 1 atom stereocenters. The van der Waals surface area contributed by atoms with Crippen molar-refractivity contribution in [1.29, 1.82) is 0 Å². The van der Waals surface area contributed by atoms with Crippen LogP contribution < -0.4 is 16.6 Å². The first kappa shape index (κ1) is 14.5. The molecule has 0 heterocycles. The number of nitrogen functional groups attached to an aromatic ring is 1. The Kier molecular flexibility index (Phi) is 5.61. The molecule has 0 aliphatic heterocycles. The largest absolute Gasteiger partial charge is 0.385 e. The van der Waals surface area contributed by atoms with Gasteiger partial charge in [0.1, 0.15) is 0 Å². The van der Waals surface area contributed by atoms with Gasteiger partial charge < -0.3 is 15.5 Å². The highest BCUT2D eigenvalue weighted by Gasteiger charge is 2.13.